The molecule has 0 aliphatic rings. The summed E-state index contributed by atoms with van der Waals surface area (Å²) in [5, 5.41) is 3.78. The second kappa shape index (κ2) is 9.11. The average molecular weight is 484 g/mol. The van der Waals surface area contributed by atoms with Crippen LogP contribution in [0.4, 0.5) is 5.13 Å². The number of pyridine rings is 1. The van der Waals surface area contributed by atoms with Crippen molar-refractivity contribution in [2.75, 3.05) is 11.1 Å². The number of aromatic nitrogens is 4. The number of hydrogen-bond donors (Lipinski definition) is 1. The van der Waals surface area contributed by atoms with Crippen LogP contribution in [0.1, 0.15) is 25.0 Å². The molecule has 4 aromatic rings. The Balaban J connectivity index is 1.66. The van der Waals surface area contributed by atoms with Crippen molar-refractivity contribution in [3.05, 3.63) is 56.4 Å². The Morgan fingerprint density at radius 2 is 1.97 bits per heavy atom. The normalized spacial score (nSPS) is 11.6. The summed E-state index contributed by atoms with van der Waals surface area (Å²) in [6, 6.07) is 5.97. The molecule has 33 heavy (non-hydrogen) atoms. The molecule has 0 radical (unpaired) electrons. The van der Waals surface area contributed by atoms with Gasteiger partial charge in [-0.2, -0.15) is 0 Å². The molecule has 1 N–H and O–H groups in total. The summed E-state index contributed by atoms with van der Waals surface area (Å²) in [6.07, 6.45) is 2.41. The average Bonchev–Trinajstić information content (AvgIpc) is 3.15. The lowest BCUT2D eigenvalue weighted by molar-refractivity contribution is -0.113. The molecule has 3 heterocycles. The number of nitrogens with zero attached hydrogens (tertiary/aromatic N) is 4. The smallest absolute Gasteiger partial charge is 0.301 e. The van der Waals surface area contributed by atoms with Crippen LogP contribution >= 0.6 is 23.1 Å². The second-order valence-corrected chi connectivity index (χ2v) is 10.5. The minimum atomic E-state index is -0.434. The quantitative estimate of drug-likeness (QED) is 0.422. The minimum Gasteiger partial charge on any atom is -0.301 e. The van der Waals surface area contributed by atoms with Crippen molar-refractivity contribution in [1.29, 1.82) is 0 Å². The number of benzene rings is 1. The van der Waals surface area contributed by atoms with Crippen molar-refractivity contribution in [2.45, 2.75) is 32.1 Å². The predicted molar refractivity (Wildman–Crippen MR) is 134 cm³/mol. The lowest BCUT2D eigenvalue weighted by Crippen LogP contribution is -2.37. The van der Waals surface area contributed by atoms with Gasteiger partial charge in [-0.1, -0.05) is 31.3 Å². The standard InChI is InChI=1S/C23H25N5O3S2/c1-12(2)8-14-10-24-20-18(21(30)28(5)23(31)27(20)4)19(14)32-11-17(29)26-22-25-15-7-6-13(3)9-16(15)33-22/h6-7,9-10,12H,8,11H2,1-5H3,(H,25,26,29). The molecule has 1 amide bonds. The van der Waals surface area contributed by atoms with E-state index in [0.717, 1.165) is 25.9 Å². The number of rotatable bonds is 6. The summed E-state index contributed by atoms with van der Waals surface area (Å²) in [5.41, 5.74) is 2.35. The predicted octanol–water partition coefficient (Wildman–Crippen LogP) is 3.48. The SMILES string of the molecule is Cc1ccc2nc(NC(=O)CSc3c(CC(C)C)cnc4c3c(=O)n(C)c(=O)n4C)sc2c1. The highest BCUT2D eigenvalue weighted by atomic mass is 32.2. The molecule has 3 aromatic heterocycles. The zero-order chi connectivity index (χ0) is 23.9. The topological polar surface area (TPSA) is 98.9 Å². The molecule has 0 bridgehead atoms. The fourth-order valence-corrected chi connectivity index (χ4v) is 5.64. The van der Waals surface area contributed by atoms with Crippen molar-refractivity contribution >= 4 is 55.4 Å². The van der Waals surface area contributed by atoms with E-state index in [-0.39, 0.29) is 11.7 Å². The van der Waals surface area contributed by atoms with Crippen LogP contribution < -0.4 is 16.6 Å². The van der Waals surface area contributed by atoms with E-state index in [1.165, 1.54) is 34.7 Å². The maximum Gasteiger partial charge on any atom is 0.332 e. The summed E-state index contributed by atoms with van der Waals surface area (Å²) in [6.45, 7) is 6.18. The highest BCUT2D eigenvalue weighted by molar-refractivity contribution is 8.00. The van der Waals surface area contributed by atoms with Gasteiger partial charge < -0.3 is 5.32 Å². The first-order chi connectivity index (χ1) is 15.7. The van der Waals surface area contributed by atoms with Gasteiger partial charge in [-0.15, -0.1) is 11.8 Å². The molecule has 8 nitrogen and oxygen atoms in total. The van der Waals surface area contributed by atoms with E-state index in [0.29, 0.717) is 33.4 Å². The van der Waals surface area contributed by atoms with Gasteiger partial charge in [-0.25, -0.2) is 14.8 Å². The zero-order valence-corrected chi connectivity index (χ0v) is 20.8. The fourth-order valence-electron chi connectivity index (χ4n) is 3.67. The first-order valence-electron chi connectivity index (χ1n) is 10.5. The number of amides is 1. The maximum absolute atomic E-state index is 13.0. The van der Waals surface area contributed by atoms with Crippen molar-refractivity contribution in [3.63, 3.8) is 0 Å². The molecule has 1 aromatic carbocycles. The number of carbonyl (C=O) groups is 1. The van der Waals surface area contributed by atoms with E-state index in [1.807, 2.05) is 25.1 Å². The maximum atomic E-state index is 13.0. The third-order valence-corrected chi connectivity index (χ3v) is 7.36. The van der Waals surface area contributed by atoms with Crippen LogP contribution in [0.5, 0.6) is 0 Å². The molecule has 0 saturated carbocycles. The monoisotopic (exact) mass is 483 g/mol. The van der Waals surface area contributed by atoms with Gasteiger partial charge >= 0.3 is 5.69 Å². The van der Waals surface area contributed by atoms with E-state index in [2.05, 4.69) is 29.1 Å². The minimum absolute atomic E-state index is 0.102. The molecule has 0 atom stereocenters. The highest BCUT2D eigenvalue weighted by Crippen LogP contribution is 2.31. The molecular weight excluding hydrogens is 458 g/mol. The van der Waals surface area contributed by atoms with E-state index >= 15 is 0 Å². The number of carbonyl (C=O) groups excluding carboxylic acids is 1. The molecule has 0 aliphatic heterocycles. The molecule has 0 fully saturated rings. The van der Waals surface area contributed by atoms with Crippen molar-refractivity contribution in [1.82, 2.24) is 19.1 Å². The lowest BCUT2D eigenvalue weighted by atomic mass is 10.0. The van der Waals surface area contributed by atoms with E-state index in [1.54, 1.807) is 13.2 Å². The second-order valence-electron chi connectivity index (χ2n) is 8.44. The van der Waals surface area contributed by atoms with Crippen LogP contribution in [0.25, 0.3) is 21.3 Å². The van der Waals surface area contributed by atoms with Gasteiger partial charge in [0.05, 0.1) is 21.4 Å². The molecule has 0 saturated heterocycles. The van der Waals surface area contributed by atoms with Crippen molar-refractivity contribution < 1.29 is 4.79 Å². The van der Waals surface area contributed by atoms with Gasteiger partial charge in [0.2, 0.25) is 5.91 Å². The molecule has 10 heteroatoms. The number of thiazole rings is 1. The molecule has 0 unspecified atom stereocenters. The number of anilines is 1. The highest BCUT2D eigenvalue weighted by Gasteiger charge is 2.19. The first kappa shape index (κ1) is 23.2. The zero-order valence-electron chi connectivity index (χ0n) is 19.1. The lowest BCUT2D eigenvalue weighted by Gasteiger charge is -2.15. The number of hydrogen-bond acceptors (Lipinski definition) is 7. The van der Waals surface area contributed by atoms with Gasteiger partial charge in [0, 0.05) is 25.2 Å². The summed E-state index contributed by atoms with van der Waals surface area (Å²) in [5.74, 6) is 0.225. The molecular formula is C23H25N5O3S2. The summed E-state index contributed by atoms with van der Waals surface area (Å²) in [4.78, 5) is 47.7. The number of nitrogens with one attached hydrogen (secondary N) is 1. The molecule has 0 aliphatic carbocycles. The third-order valence-electron chi connectivity index (χ3n) is 5.26. The molecule has 0 spiro atoms. The van der Waals surface area contributed by atoms with Crippen molar-refractivity contribution in [2.24, 2.45) is 20.0 Å². The summed E-state index contributed by atoms with van der Waals surface area (Å²) >= 11 is 2.72. The Morgan fingerprint density at radius 3 is 2.70 bits per heavy atom. The van der Waals surface area contributed by atoms with Crippen LogP contribution in [-0.4, -0.2) is 30.8 Å². The summed E-state index contributed by atoms with van der Waals surface area (Å²) < 4.78 is 3.46. The number of thioether (sulfide) groups is 1. The van der Waals surface area contributed by atoms with Gasteiger partial charge in [0.1, 0.15) is 5.65 Å². The molecule has 4 rings (SSSR count). The Morgan fingerprint density at radius 1 is 1.21 bits per heavy atom. The molecule has 172 valence electrons. The van der Waals surface area contributed by atoms with Gasteiger partial charge in [0.25, 0.3) is 5.56 Å². The van der Waals surface area contributed by atoms with Gasteiger partial charge in [0.15, 0.2) is 5.13 Å². The Labute approximate surface area is 198 Å². The Bertz CT molecular complexity index is 1500. The van der Waals surface area contributed by atoms with Gasteiger partial charge in [-0.05, 0) is 42.5 Å². The van der Waals surface area contributed by atoms with Crippen LogP contribution in [0.15, 0.2) is 38.9 Å². The summed E-state index contributed by atoms with van der Waals surface area (Å²) in [7, 11) is 3.05. The van der Waals surface area contributed by atoms with Crippen LogP contribution in [0, 0.1) is 12.8 Å². The Hall–Kier alpha value is -2.98. The third kappa shape index (κ3) is 4.58. The first-order valence-corrected chi connectivity index (χ1v) is 12.3. The van der Waals surface area contributed by atoms with Crippen molar-refractivity contribution in [3.8, 4) is 0 Å². The largest absolute Gasteiger partial charge is 0.332 e. The van der Waals surface area contributed by atoms with E-state index in [9.17, 15) is 14.4 Å². The van der Waals surface area contributed by atoms with Crippen LogP contribution in [0.2, 0.25) is 0 Å². The number of fused-ring (bicyclic) bond motifs is 2. The Kier molecular flexibility index (Phi) is 6.40. The number of aryl methyl sites for hydroxylation is 2. The van der Waals surface area contributed by atoms with E-state index < -0.39 is 11.2 Å². The van der Waals surface area contributed by atoms with E-state index in [4.69, 9.17) is 0 Å². The fraction of sp³-hybridized carbons (Fsp3) is 0.348. The van der Waals surface area contributed by atoms with Crippen LogP contribution in [-0.2, 0) is 25.3 Å². The van der Waals surface area contributed by atoms with Gasteiger partial charge in [-0.3, -0.25) is 18.7 Å². The van der Waals surface area contributed by atoms with Crippen LogP contribution in [0.3, 0.4) is 0 Å².